The summed E-state index contributed by atoms with van der Waals surface area (Å²) in [7, 11) is 1.60. The normalized spacial score (nSPS) is 13.4. The van der Waals surface area contributed by atoms with Crippen LogP contribution in [-0.2, 0) is 17.7 Å². The first-order chi connectivity index (χ1) is 18.7. The zero-order chi connectivity index (χ0) is 28.1. The number of carbonyl (C=O) groups excluding carboxylic acids is 1. The molecule has 1 fully saturated rings. The van der Waals surface area contributed by atoms with E-state index in [0.29, 0.717) is 0 Å². The van der Waals surface area contributed by atoms with E-state index in [4.69, 9.17) is 0 Å². The summed E-state index contributed by atoms with van der Waals surface area (Å²) in [5, 5.41) is 2.32. The predicted octanol–water partition coefficient (Wildman–Crippen LogP) is 9.68. The van der Waals surface area contributed by atoms with Crippen LogP contribution in [-0.4, -0.2) is 17.5 Å². The minimum atomic E-state index is 0.107. The second-order valence-corrected chi connectivity index (χ2v) is 11.1. The van der Waals surface area contributed by atoms with Crippen LogP contribution in [0, 0.1) is 12.8 Å². The highest BCUT2D eigenvalue weighted by Gasteiger charge is 2.18. The van der Waals surface area contributed by atoms with Gasteiger partial charge in [-0.1, -0.05) is 68.7 Å². The van der Waals surface area contributed by atoms with Crippen LogP contribution in [0.5, 0.6) is 0 Å². The smallest absolute Gasteiger partial charge is 0.193 e. The number of nitrogens with zero attached hydrogens (tertiary/aromatic N) is 1. The van der Waals surface area contributed by atoms with Gasteiger partial charge >= 0.3 is 0 Å². The van der Waals surface area contributed by atoms with E-state index < -0.39 is 0 Å². The highest BCUT2D eigenvalue weighted by molar-refractivity contribution is 6.15. The molecule has 3 aromatic carbocycles. The second-order valence-electron chi connectivity index (χ2n) is 11.1. The lowest BCUT2D eigenvalue weighted by atomic mass is 9.93. The molecule has 0 N–H and O–H groups in total. The molecule has 39 heavy (non-hydrogen) atoms. The number of aryl methyl sites for hydroxylation is 3. The molecule has 3 heteroatoms. The number of allylic oxidation sites excluding steroid dienone is 2. The molecule has 3 nitrogen and oxygen atoms in total. The maximum Gasteiger partial charge on any atom is 0.193 e. The van der Waals surface area contributed by atoms with Crippen molar-refractivity contribution < 1.29 is 9.53 Å². The molecule has 204 valence electrons. The third-order valence-corrected chi connectivity index (χ3v) is 8.14. The SMILES string of the molecule is C=C(C)OC.C=C(C)c1ccc2c(c1)c1cc(C(=O)c3ccc(CCC4CCCC4)cc3C)ccc1n2CC. The summed E-state index contributed by atoms with van der Waals surface area (Å²) in [4.78, 5) is 13.6. The number of rotatable bonds is 8. The molecule has 1 aromatic heterocycles. The fraction of sp³-hybridized carbons (Fsp3) is 0.361. The van der Waals surface area contributed by atoms with Crippen LogP contribution in [0.15, 0.2) is 73.5 Å². The fourth-order valence-corrected chi connectivity index (χ4v) is 5.81. The third-order valence-electron chi connectivity index (χ3n) is 8.14. The summed E-state index contributed by atoms with van der Waals surface area (Å²) < 4.78 is 6.88. The van der Waals surface area contributed by atoms with E-state index in [2.05, 4.69) is 78.8 Å². The van der Waals surface area contributed by atoms with E-state index in [1.807, 2.05) is 19.1 Å². The molecule has 0 atom stereocenters. The molecule has 0 amide bonds. The number of ether oxygens (including phenoxy) is 1. The van der Waals surface area contributed by atoms with Crippen LogP contribution in [0.4, 0.5) is 0 Å². The monoisotopic (exact) mass is 521 g/mol. The first-order valence-corrected chi connectivity index (χ1v) is 14.3. The van der Waals surface area contributed by atoms with Crippen LogP contribution in [0.3, 0.4) is 0 Å². The number of hydrogen-bond donors (Lipinski definition) is 0. The van der Waals surface area contributed by atoms with E-state index in [9.17, 15) is 4.79 Å². The lowest BCUT2D eigenvalue weighted by Crippen LogP contribution is -2.05. The molecule has 0 spiro atoms. The van der Waals surface area contributed by atoms with Gasteiger partial charge in [0, 0.05) is 39.5 Å². The van der Waals surface area contributed by atoms with Gasteiger partial charge in [0.15, 0.2) is 5.78 Å². The second kappa shape index (κ2) is 12.5. The van der Waals surface area contributed by atoms with Gasteiger partial charge in [-0.3, -0.25) is 4.79 Å². The van der Waals surface area contributed by atoms with Crippen molar-refractivity contribution >= 4 is 33.2 Å². The third kappa shape index (κ3) is 6.36. The van der Waals surface area contributed by atoms with Crippen molar-refractivity contribution in [3.05, 3.63) is 101 Å². The molecule has 0 aliphatic heterocycles. The summed E-state index contributed by atoms with van der Waals surface area (Å²) in [6.07, 6.45) is 7.96. The highest BCUT2D eigenvalue weighted by Crippen LogP contribution is 2.33. The van der Waals surface area contributed by atoms with Crippen molar-refractivity contribution in [2.45, 2.75) is 72.8 Å². The number of benzene rings is 3. The Morgan fingerprint density at radius 2 is 1.51 bits per heavy atom. The van der Waals surface area contributed by atoms with Crippen LogP contribution in [0.1, 0.15) is 85.5 Å². The van der Waals surface area contributed by atoms with Crippen LogP contribution < -0.4 is 0 Å². The fourth-order valence-electron chi connectivity index (χ4n) is 5.81. The molecule has 0 saturated heterocycles. The Morgan fingerprint density at radius 1 is 0.923 bits per heavy atom. The van der Waals surface area contributed by atoms with Crippen molar-refractivity contribution in [3.63, 3.8) is 0 Å². The Balaban J connectivity index is 0.000000648. The number of hydrogen-bond acceptors (Lipinski definition) is 2. The Labute approximate surface area is 234 Å². The quantitative estimate of drug-likeness (QED) is 0.171. The van der Waals surface area contributed by atoms with E-state index in [1.165, 1.54) is 54.1 Å². The zero-order valence-corrected chi connectivity index (χ0v) is 24.4. The van der Waals surface area contributed by atoms with Gasteiger partial charge in [-0.05, 0) is 93.5 Å². The van der Waals surface area contributed by atoms with Gasteiger partial charge in [0.25, 0.3) is 0 Å². The van der Waals surface area contributed by atoms with Gasteiger partial charge in [-0.15, -0.1) is 0 Å². The van der Waals surface area contributed by atoms with Crippen molar-refractivity contribution in [2.24, 2.45) is 5.92 Å². The lowest BCUT2D eigenvalue weighted by Gasteiger charge is -2.11. The zero-order valence-electron chi connectivity index (χ0n) is 24.4. The predicted molar refractivity (Wildman–Crippen MR) is 167 cm³/mol. The number of ketones is 1. The van der Waals surface area contributed by atoms with Crippen molar-refractivity contribution in [3.8, 4) is 0 Å². The molecule has 1 saturated carbocycles. The molecule has 5 rings (SSSR count). The van der Waals surface area contributed by atoms with Gasteiger partial charge in [-0.2, -0.15) is 0 Å². The highest BCUT2D eigenvalue weighted by atomic mass is 16.5. The minimum Gasteiger partial charge on any atom is -0.502 e. The summed E-state index contributed by atoms with van der Waals surface area (Å²) in [6.45, 7) is 16.5. The van der Waals surface area contributed by atoms with Gasteiger partial charge in [0.1, 0.15) is 0 Å². The first kappa shape index (κ1) is 28.4. The molecule has 0 unspecified atom stereocenters. The molecule has 4 aromatic rings. The first-order valence-electron chi connectivity index (χ1n) is 14.3. The lowest BCUT2D eigenvalue weighted by molar-refractivity contribution is 0.103. The van der Waals surface area contributed by atoms with Crippen molar-refractivity contribution in [2.75, 3.05) is 7.11 Å². The van der Waals surface area contributed by atoms with Gasteiger partial charge < -0.3 is 9.30 Å². The van der Waals surface area contributed by atoms with Crippen molar-refractivity contribution in [1.29, 1.82) is 0 Å². The van der Waals surface area contributed by atoms with Crippen LogP contribution >= 0.6 is 0 Å². The van der Waals surface area contributed by atoms with E-state index >= 15 is 0 Å². The molecular weight excluding hydrogens is 478 g/mol. The number of fused-ring (bicyclic) bond motifs is 3. The maximum absolute atomic E-state index is 13.6. The Hall–Kier alpha value is -3.59. The van der Waals surface area contributed by atoms with E-state index in [1.54, 1.807) is 14.0 Å². The van der Waals surface area contributed by atoms with Gasteiger partial charge in [0.2, 0.25) is 0 Å². The average Bonchev–Trinajstić information content (AvgIpc) is 3.57. The topological polar surface area (TPSA) is 31.2 Å². The summed E-state index contributed by atoms with van der Waals surface area (Å²) in [5.41, 5.74) is 8.57. The maximum atomic E-state index is 13.6. The molecular formula is C36H43NO2. The molecule has 0 radical (unpaired) electrons. The molecule has 1 aliphatic rings. The summed E-state index contributed by atoms with van der Waals surface area (Å²) in [5.74, 6) is 1.75. The average molecular weight is 522 g/mol. The summed E-state index contributed by atoms with van der Waals surface area (Å²) in [6, 6.07) is 19.1. The van der Waals surface area contributed by atoms with Gasteiger partial charge in [-0.25, -0.2) is 0 Å². The Kier molecular flexibility index (Phi) is 9.12. The van der Waals surface area contributed by atoms with Gasteiger partial charge in [0.05, 0.1) is 12.9 Å². The number of methoxy groups -OCH3 is 1. The Morgan fingerprint density at radius 3 is 2.05 bits per heavy atom. The largest absolute Gasteiger partial charge is 0.502 e. The minimum absolute atomic E-state index is 0.107. The Bertz CT molecular complexity index is 1510. The van der Waals surface area contributed by atoms with E-state index in [-0.39, 0.29) is 5.78 Å². The standard InChI is InChI=1S/C32H35NO.C4H8O/c1-5-33-30-16-13-25(21(2)3)19-28(30)29-20-26(14-17-31(29)33)32(34)27-15-12-24(18-22(27)4)11-10-23-8-6-7-9-23;1-4(2)5-3/h12-20,23H,2,5-11H2,1,3-4H3;1H2,2-3H3. The van der Waals surface area contributed by atoms with Crippen LogP contribution in [0.25, 0.3) is 27.4 Å². The van der Waals surface area contributed by atoms with Crippen molar-refractivity contribution in [1.82, 2.24) is 4.57 Å². The molecule has 1 heterocycles. The van der Waals surface area contributed by atoms with Crippen LogP contribution in [0.2, 0.25) is 0 Å². The number of carbonyl (C=O) groups is 1. The molecule has 1 aliphatic carbocycles. The number of aromatic nitrogens is 1. The van der Waals surface area contributed by atoms with E-state index in [0.717, 1.165) is 57.9 Å². The summed E-state index contributed by atoms with van der Waals surface area (Å²) >= 11 is 0. The molecule has 0 bridgehead atoms.